The predicted molar refractivity (Wildman–Crippen MR) is 63.4 cm³/mol. The zero-order chi connectivity index (χ0) is 11.3. The van der Waals surface area contributed by atoms with Crippen LogP contribution in [0, 0.1) is 0 Å². The molecule has 2 N–H and O–H groups in total. The number of thiocarbonyl (C=S) groups is 1. The second-order valence-electron chi connectivity index (χ2n) is 3.26. The molecular weight excluding hydrogens is 210 g/mol. The van der Waals surface area contributed by atoms with Gasteiger partial charge in [-0.15, -0.1) is 0 Å². The Balaban J connectivity index is 2.62. The molecule has 84 valence electrons. The normalized spacial score (nSPS) is 10.9. The van der Waals surface area contributed by atoms with E-state index in [0.717, 1.165) is 25.5 Å². The van der Waals surface area contributed by atoms with Crippen molar-refractivity contribution in [1.82, 2.24) is 19.7 Å². The number of nitrogens with zero attached hydrogens (tertiary/aromatic N) is 4. The van der Waals surface area contributed by atoms with Gasteiger partial charge in [-0.2, -0.15) is 5.10 Å². The molecule has 0 saturated heterocycles. The van der Waals surface area contributed by atoms with Gasteiger partial charge >= 0.3 is 0 Å². The van der Waals surface area contributed by atoms with Gasteiger partial charge in [-0.05, 0) is 13.5 Å². The van der Waals surface area contributed by atoms with Gasteiger partial charge in [-0.3, -0.25) is 4.90 Å². The van der Waals surface area contributed by atoms with E-state index in [-0.39, 0.29) is 0 Å². The summed E-state index contributed by atoms with van der Waals surface area (Å²) < 4.78 is 1.88. The molecule has 0 bridgehead atoms. The van der Waals surface area contributed by atoms with Crippen LogP contribution >= 0.6 is 12.2 Å². The summed E-state index contributed by atoms with van der Waals surface area (Å²) >= 11 is 4.89. The molecule has 0 unspecified atom stereocenters. The van der Waals surface area contributed by atoms with E-state index in [1.54, 1.807) is 6.33 Å². The molecule has 1 aromatic heterocycles. The Labute approximate surface area is 95.3 Å². The van der Waals surface area contributed by atoms with Crippen molar-refractivity contribution in [3.63, 3.8) is 0 Å². The number of aromatic nitrogens is 3. The van der Waals surface area contributed by atoms with E-state index in [2.05, 4.69) is 21.9 Å². The summed E-state index contributed by atoms with van der Waals surface area (Å²) in [6.45, 7) is 7.21. The molecular formula is C9H17N5S. The Kier molecular flexibility index (Phi) is 4.64. The highest BCUT2D eigenvalue weighted by Crippen LogP contribution is 2.00. The van der Waals surface area contributed by atoms with Crippen molar-refractivity contribution in [2.75, 3.05) is 13.1 Å². The molecule has 0 aliphatic carbocycles. The SMILES string of the molecule is CCN(CC(N)=S)Cc1ncnn1CC. The molecule has 6 heteroatoms. The second-order valence-corrected chi connectivity index (χ2v) is 3.79. The average Bonchev–Trinajstić information content (AvgIpc) is 2.63. The summed E-state index contributed by atoms with van der Waals surface area (Å²) in [5, 5.41) is 4.12. The number of nitrogens with two attached hydrogens (primary N) is 1. The lowest BCUT2D eigenvalue weighted by atomic mass is 10.4. The lowest BCUT2D eigenvalue weighted by Gasteiger charge is -2.18. The quantitative estimate of drug-likeness (QED) is 0.713. The number of rotatable bonds is 6. The molecule has 1 aromatic rings. The monoisotopic (exact) mass is 227 g/mol. The maximum Gasteiger partial charge on any atom is 0.141 e. The average molecular weight is 227 g/mol. The Morgan fingerprint density at radius 1 is 1.60 bits per heavy atom. The fourth-order valence-electron chi connectivity index (χ4n) is 1.37. The van der Waals surface area contributed by atoms with Crippen LogP contribution in [-0.2, 0) is 13.1 Å². The Hall–Kier alpha value is -1.01. The first kappa shape index (κ1) is 12.1. The van der Waals surface area contributed by atoms with Crippen LogP contribution in [0.4, 0.5) is 0 Å². The highest BCUT2D eigenvalue weighted by atomic mass is 32.1. The van der Waals surface area contributed by atoms with Crippen molar-refractivity contribution in [1.29, 1.82) is 0 Å². The smallest absolute Gasteiger partial charge is 0.141 e. The zero-order valence-electron chi connectivity index (χ0n) is 9.18. The van der Waals surface area contributed by atoms with Gasteiger partial charge in [-0.1, -0.05) is 19.1 Å². The first-order valence-corrected chi connectivity index (χ1v) is 5.45. The van der Waals surface area contributed by atoms with Crippen molar-refractivity contribution in [3.8, 4) is 0 Å². The standard InChI is InChI=1S/C9H17N5S/c1-3-13(5-8(10)15)6-9-11-7-12-14(9)4-2/h7H,3-6H2,1-2H3,(H2,10,15). The van der Waals surface area contributed by atoms with Gasteiger partial charge < -0.3 is 5.73 Å². The van der Waals surface area contributed by atoms with Crippen LogP contribution in [0.5, 0.6) is 0 Å². The lowest BCUT2D eigenvalue weighted by Crippen LogP contribution is -2.33. The molecule has 0 fully saturated rings. The van der Waals surface area contributed by atoms with E-state index in [9.17, 15) is 0 Å². The number of likely N-dealkylation sites (N-methyl/N-ethyl adjacent to an activating group) is 1. The highest BCUT2D eigenvalue weighted by molar-refractivity contribution is 7.80. The van der Waals surface area contributed by atoms with E-state index < -0.39 is 0 Å². The molecule has 1 heterocycles. The summed E-state index contributed by atoms with van der Waals surface area (Å²) in [6, 6.07) is 0. The number of hydrogen-bond donors (Lipinski definition) is 1. The van der Waals surface area contributed by atoms with Crippen molar-refractivity contribution < 1.29 is 0 Å². The van der Waals surface area contributed by atoms with Crippen LogP contribution in [0.1, 0.15) is 19.7 Å². The topological polar surface area (TPSA) is 60.0 Å². The van der Waals surface area contributed by atoms with Crippen molar-refractivity contribution >= 4 is 17.2 Å². The summed E-state index contributed by atoms with van der Waals surface area (Å²) in [5.74, 6) is 0.954. The van der Waals surface area contributed by atoms with Gasteiger partial charge in [0.1, 0.15) is 12.2 Å². The molecule has 0 atom stereocenters. The van der Waals surface area contributed by atoms with E-state index in [0.29, 0.717) is 11.5 Å². The Morgan fingerprint density at radius 3 is 2.87 bits per heavy atom. The largest absolute Gasteiger partial charge is 0.392 e. The van der Waals surface area contributed by atoms with Gasteiger partial charge in [-0.25, -0.2) is 9.67 Å². The highest BCUT2D eigenvalue weighted by Gasteiger charge is 2.09. The van der Waals surface area contributed by atoms with Crippen LogP contribution in [0.25, 0.3) is 0 Å². The van der Waals surface area contributed by atoms with Crippen LogP contribution < -0.4 is 5.73 Å². The third-order valence-corrected chi connectivity index (χ3v) is 2.32. The van der Waals surface area contributed by atoms with Gasteiger partial charge in [0.2, 0.25) is 0 Å². The molecule has 0 radical (unpaired) electrons. The van der Waals surface area contributed by atoms with Gasteiger partial charge in [0.15, 0.2) is 0 Å². The maximum absolute atomic E-state index is 5.52. The van der Waals surface area contributed by atoms with E-state index in [4.69, 9.17) is 18.0 Å². The second kappa shape index (κ2) is 5.77. The minimum atomic E-state index is 0.513. The van der Waals surface area contributed by atoms with Crippen LogP contribution in [0.2, 0.25) is 0 Å². The summed E-state index contributed by atoms with van der Waals surface area (Å²) in [4.78, 5) is 6.86. The summed E-state index contributed by atoms with van der Waals surface area (Å²) in [5.41, 5.74) is 5.52. The first-order chi connectivity index (χ1) is 7.17. The molecule has 0 aliphatic heterocycles. The van der Waals surface area contributed by atoms with Crippen LogP contribution in [0.15, 0.2) is 6.33 Å². The fourth-order valence-corrected chi connectivity index (χ4v) is 1.56. The molecule has 0 spiro atoms. The molecule has 0 aromatic carbocycles. The molecule has 0 amide bonds. The fraction of sp³-hybridized carbons (Fsp3) is 0.667. The number of aryl methyl sites for hydroxylation is 1. The van der Waals surface area contributed by atoms with Gasteiger partial charge in [0.05, 0.1) is 11.5 Å². The Morgan fingerprint density at radius 2 is 2.33 bits per heavy atom. The van der Waals surface area contributed by atoms with Crippen molar-refractivity contribution in [3.05, 3.63) is 12.2 Å². The molecule has 15 heavy (non-hydrogen) atoms. The summed E-state index contributed by atoms with van der Waals surface area (Å²) in [7, 11) is 0. The third kappa shape index (κ3) is 3.56. The van der Waals surface area contributed by atoms with Crippen LogP contribution in [0.3, 0.4) is 0 Å². The molecule has 5 nitrogen and oxygen atoms in total. The van der Waals surface area contributed by atoms with Crippen molar-refractivity contribution in [2.24, 2.45) is 5.73 Å². The third-order valence-electron chi connectivity index (χ3n) is 2.19. The summed E-state index contributed by atoms with van der Waals surface area (Å²) in [6.07, 6.45) is 1.58. The van der Waals surface area contributed by atoms with Crippen molar-refractivity contribution in [2.45, 2.75) is 26.9 Å². The molecule has 1 rings (SSSR count). The van der Waals surface area contributed by atoms with Gasteiger partial charge in [0.25, 0.3) is 0 Å². The van der Waals surface area contributed by atoms with Gasteiger partial charge in [0, 0.05) is 13.1 Å². The minimum Gasteiger partial charge on any atom is -0.392 e. The van der Waals surface area contributed by atoms with E-state index in [1.807, 2.05) is 11.6 Å². The minimum absolute atomic E-state index is 0.513. The molecule has 0 aliphatic rings. The number of hydrogen-bond acceptors (Lipinski definition) is 4. The van der Waals surface area contributed by atoms with Crippen LogP contribution in [-0.4, -0.2) is 37.7 Å². The first-order valence-electron chi connectivity index (χ1n) is 5.04. The zero-order valence-corrected chi connectivity index (χ0v) is 10.00. The lowest BCUT2D eigenvalue weighted by molar-refractivity contribution is 0.305. The van der Waals surface area contributed by atoms with E-state index in [1.165, 1.54) is 0 Å². The van der Waals surface area contributed by atoms with E-state index >= 15 is 0 Å². The molecule has 0 saturated carbocycles. The Bertz CT molecular complexity index is 322. The predicted octanol–water partition coefficient (Wildman–Crippen LogP) is 0.406. The maximum atomic E-state index is 5.52.